The third-order valence-electron chi connectivity index (χ3n) is 4.30. The largest absolute Gasteiger partial charge is 0.511 e. The lowest BCUT2D eigenvalue weighted by atomic mass is 9.86. The van der Waals surface area contributed by atoms with E-state index in [0.717, 1.165) is 5.57 Å². The molecular weight excluding hydrogens is 352 g/mol. The zero-order valence-corrected chi connectivity index (χ0v) is 15.6. The van der Waals surface area contributed by atoms with Crippen LogP contribution in [0.5, 0.6) is 0 Å². The molecule has 2 aromatic rings. The van der Waals surface area contributed by atoms with Gasteiger partial charge in [-0.05, 0) is 24.5 Å². The van der Waals surface area contributed by atoms with Crippen molar-refractivity contribution in [1.29, 1.82) is 0 Å². The van der Waals surface area contributed by atoms with Gasteiger partial charge in [-0.2, -0.15) is 4.98 Å². The minimum atomic E-state index is -0.782. The van der Waals surface area contributed by atoms with Crippen molar-refractivity contribution in [3.8, 4) is 11.4 Å². The van der Waals surface area contributed by atoms with E-state index in [2.05, 4.69) is 20.6 Å². The van der Waals surface area contributed by atoms with Crippen LogP contribution in [0.25, 0.3) is 17.0 Å². The maximum Gasteiger partial charge on any atom is 0.274 e. The van der Waals surface area contributed by atoms with Crippen LogP contribution in [0.3, 0.4) is 0 Å². The van der Waals surface area contributed by atoms with Crippen LogP contribution >= 0.6 is 0 Å². The Hall–Kier alpha value is -2.94. The highest BCUT2D eigenvalue weighted by molar-refractivity contribution is 6.01. The average Bonchev–Trinajstić information content (AvgIpc) is 3.20. The maximum absolute atomic E-state index is 12.4. The van der Waals surface area contributed by atoms with E-state index < -0.39 is 12.0 Å². The number of carbonyl (C=O) groups excluding carboxylic acids is 1. The predicted molar refractivity (Wildman–Crippen MR) is 95.6 cm³/mol. The molecule has 1 atom stereocenters. The third kappa shape index (κ3) is 3.50. The van der Waals surface area contributed by atoms with Crippen molar-refractivity contribution in [2.24, 2.45) is 5.92 Å². The Morgan fingerprint density at radius 3 is 2.70 bits per heavy atom. The zero-order chi connectivity index (χ0) is 19.7. The van der Waals surface area contributed by atoms with Gasteiger partial charge in [-0.1, -0.05) is 24.2 Å². The molecule has 1 unspecified atom stereocenters. The number of aryl methyl sites for hydroxylation is 1. The minimum absolute atomic E-state index is 0.00133. The van der Waals surface area contributed by atoms with E-state index in [-0.39, 0.29) is 40.9 Å². The fraction of sp³-hybridized carbons (Fsp3) is 0.444. The van der Waals surface area contributed by atoms with Gasteiger partial charge < -0.3 is 24.6 Å². The monoisotopic (exact) mass is 374 g/mol. The smallest absolute Gasteiger partial charge is 0.274 e. The average molecular weight is 374 g/mol. The second kappa shape index (κ2) is 7.36. The summed E-state index contributed by atoms with van der Waals surface area (Å²) in [5, 5.41) is 31.1. The number of aliphatic hydroxyl groups is 2. The van der Waals surface area contributed by atoms with E-state index in [4.69, 9.17) is 9.05 Å². The van der Waals surface area contributed by atoms with Crippen molar-refractivity contribution in [2.45, 2.75) is 40.2 Å². The van der Waals surface area contributed by atoms with Crippen LogP contribution < -0.4 is 5.32 Å². The lowest BCUT2D eigenvalue weighted by Crippen LogP contribution is -2.23. The van der Waals surface area contributed by atoms with E-state index in [9.17, 15) is 15.0 Å². The number of nitrogens with one attached hydrogen (secondary N) is 1. The molecule has 144 valence electrons. The molecule has 1 amide bonds. The summed E-state index contributed by atoms with van der Waals surface area (Å²) in [6, 6.07) is 0. The van der Waals surface area contributed by atoms with Gasteiger partial charge in [0.15, 0.2) is 11.5 Å². The summed E-state index contributed by atoms with van der Waals surface area (Å²) in [7, 11) is 0. The highest BCUT2D eigenvalue weighted by atomic mass is 16.5. The highest BCUT2D eigenvalue weighted by Crippen LogP contribution is 2.38. The molecule has 0 saturated heterocycles. The molecule has 0 spiro atoms. The molecule has 0 aliphatic heterocycles. The number of hydrogen-bond acceptors (Lipinski definition) is 8. The van der Waals surface area contributed by atoms with Gasteiger partial charge in [0, 0.05) is 19.9 Å². The van der Waals surface area contributed by atoms with E-state index in [0.29, 0.717) is 18.0 Å². The topological polar surface area (TPSA) is 135 Å². The van der Waals surface area contributed by atoms with Crippen LogP contribution in [0.1, 0.15) is 49.3 Å². The Labute approximate surface area is 155 Å². The predicted octanol–water partition coefficient (Wildman–Crippen LogP) is 2.40. The van der Waals surface area contributed by atoms with Crippen molar-refractivity contribution < 1.29 is 24.1 Å². The standard InChI is InChI=1S/C18H22N4O5/c1-5-19-18(25)15-14(17-20-9(4)26-22-17)16(27-21-15)11-6-10(8(2)3)12(23)7-13(11)24/h6,8,12,23-24H,5,7H2,1-4H3,(H,19,25). The molecule has 3 rings (SSSR count). The van der Waals surface area contributed by atoms with Gasteiger partial charge in [0.25, 0.3) is 5.91 Å². The summed E-state index contributed by atoms with van der Waals surface area (Å²) in [6.07, 6.45) is 0.920. The number of aromatic nitrogens is 3. The Balaban J connectivity index is 2.19. The number of allylic oxidation sites excluding steroid dienone is 2. The Bertz CT molecular complexity index is 922. The van der Waals surface area contributed by atoms with Gasteiger partial charge in [-0.25, -0.2) is 0 Å². The SMILES string of the molecule is CCNC(=O)c1noc(C2=C(O)CC(O)C(C(C)C)=C2)c1-c1noc(C)n1. The molecule has 9 nitrogen and oxygen atoms in total. The minimum Gasteiger partial charge on any atom is -0.511 e. The number of aliphatic hydroxyl groups excluding tert-OH is 2. The first-order chi connectivity index (χ1) is 12.8. The van der Waals surface area contributed by atoms with Crippen LogP contribution in [0.2, 0.25) is 0 Å². The van der Waals surface area contributed by atoms with E-state index in [1.54, 1.807) is 19.9 Å². The maximum atomic E-state index is 12.4. The van der Waals surface area contributed by atoms with Crippen molar-refractivity contribution in [3.05, 3.63) is 34.8 Å². The van der Waals surface area contributed by atoms with Crippen molar-refractivity contribution in [1.82, 2.24) is 20.6 Å². The fourth-order valence-corrected chi connectivity index (χ4v) is 2.99. The molecule has 2 aromatic heterocycles. The molecular formula is C18H22N4O5. The first-order valence-corrected chi connectivity index (χ1v) is 8.74. The molecule has 27 heavy (non-hydrogen) atoms. The molecule has 1 aliphatic rings. The first kappa shape index (κ1) is 18.8. The third-order valence-corrected chi connectivity index (χ3v) is 4.30. The summed E-state index contributed by atoms with van der Waals surface area (Å²) in [5.41, 5.74) is 1.31. The van der Waals surface area contributed by atoms with Crippen LogP contribution in [-0.2, 0) is 0 Å². The van der Waals surface area contributed by atoms with Gasteiger partial charge in [-0.15, -0.1) is 0 Å². The Morgan fingerprint density at radius 2 is 2.11 bits per heavy atom. The molecule has 0 fully saturated rings. The molecule has 3 N–H and O–H groups in total. The van der Waals surface area contributed by atoms with Crippen molar-refractivity contribution in [3.63, 3.8) is 0 Å². The number of carbonyl (C=O) groups is 1. The summed E-state index contributed by atoms with van der Waals surface area (Å²) >= 11 is 0. The van der Waals surface area contributed by atoms with E-state index in [1.807, 2.05) is 13.8 Å². The summed E-state index contributed by atoms with van der Waals surface area (Å²) in [4.78, 5) is 16.6. The second-order valence-electron chi connectivity index (χ2n) is 6.61. The number of amides is 1. The molecule has 9 heteroatoms. The van der Waals surface area contributed by atoms with Crippen LogP contribution in [0, 0.1) is 12.8 Å². The molecule has 0 radical (unpaired) electrons. The Morgan fingerprint density at radius 1 is 1.37 bits per heavy atom. The highest BCUT2D eigenvalue weighted by Gasteiger charge is 2.32. The molecule has 0 saturated carbocycles. The molecule has 1 aliphatic carbocycles. The zero-order valence-electron chi connectivity index (χ0n) is 15.6. The summed E-state index contributed by atoms with van der Waals surface area (Å²) in [6.45, 7) is 7.70. The van der Waals surface area contributed by atoms with Gasteiger partial charge in [0.1, 0.15) is 11.3 Å². The van der Waals surface area contributed by atoms with Gasteiger partial charge >= 0.3 is 0 Å². The van der Waals surface area contributed by atoms with Crippen LogP contribution in [0.15, 0.2) is 26.5 Å². The first-order valence-electron chi connectivity index (χ1n) is 8.74. The quantitative estimate of drug-likeness (QED) is 0.726. The van der Waals surface area contributed by atoms with E-state index in [1.165, 1.54) is 0 Å². The lowest BCUT2D eigenvalue weighted by molar-refractivity contribution is 0.0947. The lowest BCUT2D eigenvalue weighted by Gasteiger charge is -2.23. The second-order valence-corrected chi connectivity index (χ2v) is 6.61. The van der Waals surface area contributed by atoms with Crippen LogP contribution in [0.4, 0.5) is 0 Å². The number of nitrogens with zero attached hydrogens (tertiary/aromatic N) is 3. The molecule has 0 aromatic carbocycles. The van der Waals surface area contributed by atoms with E-state index >= 15 is 0 Å². The van der Waals surface area contributed by atoms with Gasteiger partial charge in [0.05, 0.1) is 11.7 Å². The van der Waals surface area contributed by atoms with Crippen molar-refractivity contribution in [2.75, 3.05) is 6.54 Å². The molecule has 0 bridgehead atoms. The molecule has 2 heterocycles. The normalized spacial score (nSPS) is 17.4. The van der Waals surface area contributed by atoms with Gasteiger partial charge in [0.2, 0.25) is 11.7 Å². The number of hydrogen-bond donors (Lipinski definition) is 3. The summed E-state index contributed by atoms with van der Waals surface area (Å²) in [5.74, 6) is 0.149. The fourth-order valence-electron chi connectivity index (χ4n) is 2.99. The Kier molecular flexibility index (Phi) is 5.13. The van der Waals surface area contributed by atoms with Gasteiger partial charge in [-0.3, -0.25) is 4.79 Å². The number of rotatable bonds is 5. The summed E-state index contributed by atoms with van der Waals surface area (Å²) < 4.78 is 10.5. The van der Waals surface area contributed by atoms with Crippen LogP contribution in [-0.4, -0.2) is 44.1 Å². The van der Waals surface area contributed by atoms with Crippen molar-refractivity contribution >= 4 is 11.5 Å².